The van der Waals surface area contributed by atoms with Crippen LogP contribution in [0.5, 0.6) is 0 Å². The fraction of sp³-hybridized carbons (Fsp3) is 0.636. The van der Waals surface area contributed by atoms with Crippen molar-refractivity contribution in [1.29, 1.82) is 0 Å². The molecule has 0 unspecified atom stereocenters. The molecule has 0 atom stereocenters. The largest absolute Gasteiger partial charge is 0.462 e. The van der Waals surface area contributed by atoms with Crippen LogP contribution in [0, 0.1) is 0 Å². The highest BCUT2D eigenvalue weighted by Crippen LogP contribution is 2.25. The lowest BCUT2D eigenvalue weighted by Gasteiger charge is -2.05. The maximum absolute atomic E-state index is 11.8. The van der Waals surface area contributed by atoms with Gasteiger partial charge < -0.3 is 10.5 Å². The Morgan fingerprint density at radius 2 is 2.10 bits per heavy atom. The van der Waals surface area contributed by atoms with E-state index >= 15 is 0 Å². The van der Waals surface area contributed by atoms with Gasteiger partial charge in [-0.05, 0) is 13.2 Å². The fourth-order valence-electron chi connectivity index (χ4n) is 1.53. The number of carbonyl (C=O) groups excluding carboxylic acids is 1. The first-order valence-corrected chi connectivity index (χ1v) is 9.18. The minimum absolute atomic E-state index is 0.0638. The summed E-state index contributed by atoms with van der Waals surface area (Å²) in [5.74, 6) is -0.405. The van der Waals surface area contributed by atoms with Crippen LogP contribution in [0.25, 0.3) is 0 Å². The lowest BCUT2D eigenvalue weighted by atomic mass is 10.3. The summed E-state index contributed by atoms with van der Waals surface area (Å²) in [5, 5.41) is 4.60. The Bertz CT molecular complexity index is 581. The fourth-order valence-corrected chi connectivity index (χ4v) is 2.84. The highest BCUT2D eigenvalue weighted by Gasteiger charge is 2.23. The van der Waals surface area contributed by atoms with Crippen LogP contribution in [0.15, 0.2) is 5.03 Å². The van der Waals surface area contributed by atoms with Gasteiger partial charge in [-0.3, -0.25) is 0 Å². The first kappa shape index (κ1) is 16.8. The Hall–Kier alpha value is -1.22. The van der Waals surface area contributed by atoms with Crippen molar-refractivity contribution in [1.82, 2.24) is 9.78 Å². The average molecular weight is 321 g/mol. The highest BCUT2D eigenvalue weighted by atomic mass is 32.2. The van der Waals surface area contributed by atoms with Crippen molar-refractivity contribution in [2.45, 2.75) is 25.4 Å². The van der Waals surface area contributed by atoms with E-state index in [2.05, 4.69) is 5.10 Å². The molecule has 0 bridgehead atoms. The lowest BCUT2D eigenvalue weighted by molar-refractivity contribution is 0.0523. The number of carbonyl (C=O) groups is 1. The van der Waals surface area contributed by atoms with Gasteiger partial charge in [0.05, 0.1) is 18.9 Å². The molecule has 0 aliphatic heterocycles. The number of nitrogens with zero attached hydrogens (tertiary/aromatic N) is 2. The SMILES string of the molecule is CCOC(=O)c1c(SC)nn(CCS(=O)(=O)CC)c1N. The summed E-state index contributed by atoms with van der Waals surface area (Å²) in [5.41, 5.74) is 6.08. The van der Waals surface area contributed by atoms with E-state index in [-0.39, 0.29) is 36.0 Å². The maximum Gasteiger partial charge on any atom is 0.344 e. The van der Waals surface area contributed by atoms with Gasteiger partial charge >= 0.3 is 5.97 Å². The minimum Gasteiger partial charge on any atom is -0.462 e. The van der Waals surface area contributed by atoms with Gasteiger partial charge in [-0.1, -0.05) is 6.92 Å². The summed E-state index contributed by atoms with van der Waals surface area (Å²) >= 11 is 1.26. The monoisotopic (exact) mass is 321 g/mol. The number of esters is 1. The summed E-state index contributed by atoms with van der Waals surface area (Å²) in [6, 6.07) is 0. The van der Waals surface area contributed by atoms with Crippen molar-refractivity contribution in [3.8, 4) is 0 Å². The van der Waals surface area contributed by atoms with E-state index in [0.717, 1.165) is 0 Å². The molecule has 1 aromatic heterocycles. The Kier molecular flexibility index (Phi) is 5.88. The molecule has 0 spiro atoms. The number of anilines is 1. The molecule has 9 heteroatoms. The molecular weight excluding hydrogens is 302 g/mol. The number of sulfone groups is 1. The van der Waals surface area contributed by atoms with E-state index in [1.807, 2.05) is 0 Å². The molecule has 1 aromatic rings. The van der Waals surface area contributed by atoms with Crippen molar-refractivity contribution in [3.63, 3.8) is 0 Å². The molecule has 1 rings (SSSR count). The number of thioether (sulfide) groups is 1. The van der Waals surface area contributed by atoms with E-state index in [4.69, 9.17) is 10.5 Å². The van der Waals surface area contributed by atoms with Gasteiger partial charge in [0, 0.05) is 5.75 Å². The molecule has 1 heterocycles. The van der Waals surface area contributed by atoms with E-state index < -0.39 is 15.8 Å². The first-order valence-electron chi connectivity index (χ1n) is 6.14. The quantitative estimate of drug-likeness (QED) is 0.585. The van der Waals surface area contributed by atoms with E-state index in [0.29, 0.717) is 5.03 Å². The molecule has 0 radical (unpaired) electrons. The van der Waals surface area contributed by atoms with Crippen LogP contribution in [0.3, 0.4) is 0 Å². The third kappa shape index (κ3) is 3.89. The van der Waals surface area contributed by atoms with Gasteiger partial charge in [-0.15, -0.1) is 11.8 Å². The zero-order valence-electron chi connectivity index (χ0n) is 11.7. The van der Waals surface area contributed by atoms with Crippen molar-refractivity contribution in [2.24, 2.45) is 0 Å². The van der Waals surface area contributed by atoms with Gasteiger partial charge in [0.25, 0.3) is 0 Å². The van der Waals surface area contributed by atoms with Crippen LogP contribution < -0.4 is 5.73 Å². The molecule has 2 N–H and O–H groups in total. The Balaban J connectivity index is 3.03. The number of hydrogen-bond donors (Lipinski definition) is 1. The number of nitrogen functional groups attached to an aromatic ring is 1. The number of nitrogens with two attached hydrogens (primary N) is 1. The van der Waals surface area contributed by atoms with Gasteiger partial charge in [-0.25, -0.2) is 17.9 Å². The zero-order valence-corrected chi connectivity index (χ0v) is 13.4. The molecule has 0 saturated heterocycles. The van der Waals surface area contributed by atoms with Gasteiger partial charge in [0.1, 0.15) is 16.4 Å². The summed E-state index contributed by atoms with van der Waals surface area (Å²) in [4.78, 5) is 11.8. The first-order chi connectivity index (χ1) is 9.36. The molecule has 0 amide bonds. The topological polar surface area (TPSA) is 104 Å². The molecule has 20 heavy (non-hydrogen) atoms. The van der Waals surface area contributed by atoms with Gasteiger partial charge in [0.2, 0.25) is 0 Å². The normalized spacial score (nSPS) is 11.6. The van der Waals surface area contributed by atoms with Gasteiger partial charge in [0.15, 0.2) is 9.84 Å². The van der Waals surface area contributed by atoms with Crippen LogP contribution in [-0.4, -0.2) is 48.5 Å². The molecule has 0 fully saturated rings. The third-order valence-electron chi connectivity index (χ3n) is 2.69. The number of aryl methyl sites for hydroxylation is 1. The Labute approximate surface area is 122 Å². The maximum atomic E-state index is 11.8. The smallest absolute Gasteiger partial charge is 0.344 e. The second-order valence-electron chi connectivity index (χ2n) is 3.95. The number of rotatable bonds is 7. The molecule has 114 valence electrons. The van der Waals surface area contributed by atoms with Crippen molar-refractivity contribution in [3.05, 3.63) is 5.56 Å². The minimum atomic E-state index is -3.11. The Morgan fingerprint density at radius 1 is 1.45 bits per heavy atom. The highest BCUT2D eigenvalue weighted by molar-refractivity contribution is 7.98. The molecule has 0 aromatic carbocycles. The van der Waals surface area contributed by atoms with E-state index in [9.17, 15) is 13.2 Å². The van der Waals surface area contributed by atoms with Crippen molar-refractivity contribution < 1.29 is 17.9 Å². The summed E-state index contributed by atoms with van der Waals surface area (Å²) < 4.78 is 29.3. The lowest BCUT2D eigenvalue weighted by Crippen LogP contribution is -2.17. The third-order valence-corrected chi connectivity index (χ3v) is 5.04. The van der Waals surface area contributed by atoms with Crippen LogP contribution in [0.2, 0.25) is 0 Å². The molecular formula is C11H19N3O4S2. The number of aromatic nitrogens is 2. The molecule has 7 nitrogen and oxygen atoms in total. The van der Waals surface area contributed by atoms with Gasteiger partial charge in [-0.2, -0.15) is 5.10 Å². The molecule has 0 aliphatic carbocycles. The second-order valence-corrected chi connectivity index (χ2v) is 7.22. The predicted molar refractivity (Wildman–Crippen MR) is 78.7 cm³/mol. The number of ether oxygens (including phenoxy) is 1. The van der Waals surface area contributed by atoms with Crippen LogP contribution >= 0.6 is 11.8 Å². The van der Waals surface area contributed by atoms with Crippen LogP contribution in [-0.2, 0) is 21.1 Å². The average Bonchev–Trinajstić information content (AvgIpc) is 2.73. The summed E-state index contributed by atoms with van der Waals surface area (Å²) in [6.45, 7) is 3.64. The van der Waals surface area contributed by atoms with Crippen molar-refractivity contribution in [2.75, 3.05) is 30.1 Å². The van der Waals surface area contributed by atoms with Crippen LogP contribution in [0.1, 0.15) is 24.2 Å². The summed E-state index contributed by atoms with van der Waals surface area (Å²) in [6.07, 6.45) is 1.76. The standard InChI is InChI=1S/C11H19N3O4S2/c1-4-18-11(15)8-9(12)14(13-10(8)19-3)6-7-20(16,17)5-2/h4-7,12H2,1-3H3. The van der Waals surface area contributed by atoms with E-state index in [1.54, 1.807) is 20.1 Å². The molecule has 0 saturated carbocycles. The molecule has 0 aliphatic rings. The predicted octanol–water partition coefficient (Wildman–Crippen LogP) is 0.799. The second kappa shape index (κ2) is 6.98. The van der Waals surface area contributed by atoms with Crippen LogP contribution in [0.4, 0.5) is 5.82 Å². The van der Waals surface area contributed by atoms with Crippen molar-refractivity contribution >= 4 is 33.4 Å². The summed E-state index contributed by atoms with van der Waals surface area (Å²) in [7, 11) is -3.11. The number of hydrogen-bond acceptors (Lipinski definition) is 7. The Morgan fingerprint density at radius 3 is 2.60 bits per heavy atom. The van der Waals surface area contributed by atoms with E-state index in [1.165, 1.54) is 16.4 Å². The zero-order chi connectivity index (χ0) is 15.3.